The molecule has 0 spiro atoms. The lowest BCUT2D eigenvalue weighted by Crippen LogP contribution is -2.45. The van der Waals surface area contributed by atoms with E-state index in [9.17, 15) is 13.2 Å². The molecule has 1 unspecified atom stereocenters. The summed E-state index contributed by atoms with van der Waals surface area (Å²) in [5, 5.41) is 0. The highest BCUT2D eigenvalue weighted by Gasteiger charge is 2.23. The summed E-state index contributed by atoms with van der Waals surface area (Å²) in [4.78, 5) is 14.4. The van der Waals surface area contributed by atoms with Crippen molar-refractivity contribution in [1.29, 1.82) is 0 Å². The number of halogens is 1. The van der Waals surface area contributed by atoms with Gasteiger partial charge >= 0.3 is 0 Å². The van der Waals surface area contributed by atoms with Gasteiger partial charge in [-0.05, 0) is 50.1 Å². The zero-order valence-electron chi connectivity index (χ0n) is 15.1. The van der Waals surface area contributed by atoms with Gasteiger partial charge in [-0.2, -0.15) is 0 Å². The van der Waals surface area contributed by atoms with E-state index in [4.69, 9.17) is 5.73 Å². The van der Waals surface area contributed by atoms with E-state index in [1.165, 1.54) is 12.1 Å². The maximum absolute atomic E-state index is 12.7. The zero-order chi connectivity index (χ0) is 18.7. The summed E-state index contributed by atoms with van der Waals surface area (Å²) in [6.07, 6.45) is 1.76. The fourth-order valence-electron chi connectivity index (χ4n) is 3.01. The van der Waals surface area contributed by atoms with Gasteiger partial charge in [0.05, 0.1) is 4.90 Å². The summed E-state index contributed by atoms with van der Waals surface area (Å²) in [5.41, 5.74) is 7.81. The van der Waals surface area contributed by atoms with Crippen LogP contribution in [-0.4, -0.2) is 38.4 Å². The van der Waals surface area contributed by atoms with Crippen molar-refractivity contribution in [2.45, 2.75) is 30.7 Å². The third kappa shape index (κ3) is 5.22. The van der Waals surface area contributed by atoms with Crippen molar-refractivity contribution in [1.82, 2.24) is 4.90 Å². The first-order valence-corrected chi connectivity index (χ1v) is 10.1. The molecule has 2 aromatic carbocycles. The van der Waals surface area contributed by atoms with Gasteiger partial charge in [0.2, 0.25) is 0 Å². The summed E-state index contributed by atoms with van der Waals surface area (Å²) >= 11 is 0. The molecule has 2 aromatic rings. The predicted octanol–water partition coefficient (Wildman–Crippen LogP) is 2.78. The number of carbonyl (C=O) groups excluding carboxylic acids is 1. The van der Waals surface area contributed by atoms with Gasteiger partial charge < -0.3 is 10.6 Å². The van der Waals surface area contributed by atoms with Gasteiger partial charge in [-0.3, -0.25) is 9.52 Å². The molecule has 0 aliphatic carbocycles. The Morgan fingerprint density at radius 3 is 2.56 bits per heavy atom. The highest BCUT2D eigenvalue weighted by molar-refractivity contribution is 7.92. The molecule has 1 atom stereocenters. The molecule has 1 heterocycles. The highest BCUT2D eigenvalue weighted by atomic mass is 35.5. The molecule has 0 aromatic heterocycles. The number of likely N-dealkylation sites (tertiary alicyclic amines) is 1. The van der Waals surface area contributed by atoms with Gasteiger partial charge in [-0.15, -0.1) is 12.4 Å². The van der Waals surface area contributed by atoms with Crippen LogP contribution in [0.15, 0.2) is 53.4 Å². The molecule has 27 heavy (non-hydrogen) atoms. The highest BCUT2D eigenvalue weighted by Crippen LogP contribution is 2.19. The quantitative estimate of drug-likeness (QED) is 0.812. The molecule has 1 aliphatic heterocycles. The van der Waals surface area contributed by atoms with E-state index in [-0.39, 0.29) is 29.3 Å². The van der Waals surface area contributed by atoms with Gasteiger partial charge in [-0.25, -0.2) is 8.42 Å². The molecule has 1 aliphatic rings. The van der Waals surface area contributed by atoms with Crippen LogP contribution < -0.4 is 10.5 Å². The number of anilines is 1. The molecule has 0 saturated carbocycles. The number of nitrogens with zero attached hydrogens (tertiary/aromatic N) is 1. The van der Waals surface area contributed by atoms with E-state index in [1.54, 1.807) is 29.2 Å². The normalized spacial score (nSPS) is 17.1. The molecule has 1 saturated heterocycles. The third-order valence-corrected chi connectivity index (χ3v) is 5.82. The van der Waals surface area contributed by atoms with Crippen molar-refractivity contribution in [2.75, 3.05) is 17.8 Å². The minimum absolute atomic E-state index is 0. The van der Waals surface area contributed by atoms with Crippen molar-refractivity contribution in [3.05, 3.63) is 59.7 Å². The Morgan fingerprint density at radius 1 is 1.19 bits per heavy atom. The predicted molar refractivity (Wildman–Crippen MR) is 109 cm³/mol. The second-order valence-corrected chi connectivity index (χ2v) is 8.34. The van der Waals surface area contributed by atoms with E-state index in [0.29, 0.717) is 24.3 Å². The maximum Gasteiger partial charge on any atom is 0.261 e. The summed E-state index contributed by atoms with van der Waals surface area (Å²) in [5.74, 6) is -0.187. The number of nitrogens with two attached hydrogens (primary N) is 1. The fraction of sp³-hybridized carbons (Fsp3) is 0.316. The van der Waals surface area contributed by atoms with Gasteiger partial charge in [0.1, 0.15) is 0 Å². The summed E-state index contributed by atoms with van der Waals surface area (Å²) in [6, 6.07) is 13.2. The number of hydrogen-bond acceptors (Lipinski definition) is 4. The number of rotatable bonds is 4. The Bertz CT molecular complexity index is 901. The maximum atomic E-state index is 12.7. The van der Waals surface area contributed by atoms with Crippen LogP contribution in [0.5, 0.6) is 0 Å². The summed E-state index contributed by atoms with van der Waals surface area (Å²) in [6.45, 7) is 3.07. The Morgan fingerprint density at radius 2 is 1.89 bits per heavy atom. The first kappa shape index (κ1) is 21.2. The average Bonchev–Trinajstić information content (AvgIpc) is 2.63. The number of hydrogen-bond donors (Lipinski definition) is 2. The van der Waals surface area contributed by atoms with Crippen molar-refractivity contribution >= 4 is 34.0 Å². The number of sulfonamides is 1. The topological polar surface area (TPSA) is 92.5 Å². The first-order valence-electron chi connectivity index (χ1n) is 8.59. The second-order valence-electron chi connectivity index (χ2n) is 6.65. The zero-order valence-corrected chi connectivity index (χ0v) is 16.7. The van der Waals surface area contributed by atoms with Crippen LogP contribution in [0, 0.1) is 6.92 Å². The monoisotopic (exact) mass is 409 g/mol. The lowest BCUT2D eigenvalue weighted by atomic mass is 10.1. The SMILES string of the molecule is Cc1ccc(NS(=O)(=O)c2cccc(C(=O)N3CCCC(N)C3)c2)cc1.Cl. The lowest BCUT2D eigenvalue weighted by molar-refractivity contribution is 0.0708. The van der Waals surface area contributed by atoms with E-state index in [2.05, 4.69) is 4.72 Å². The number of piperidine rings is 1. The van der Waals surface area contributed by atoms with Crippen molar-refractivity contribution in [3.8, 4) is 0 Å². The van der Waals surface area contributed by atoms with Crippen LogP contribution >= 0.6 is 12.4 Å². The second kappa shape index (κ2) is 8.73. The van der Waals surface area contributed by atoms with E-state index < -0.39 is 10.0 Å². The van der Waals surface area contributed by atoms with Gasteiger partial charge in [0, 0.05) is 30.4 Å². The molecule has 8 heteroatoms. The van der Waals surface area contributed by atoms with Crippen molar-refractivity contribution in [3.63, 3.8) is 0 Å². The van der Waals surface area contributed by atoms with Gasteiger partial charge in [0.15, 0.2) is 0 Å². The summed E-state index contributed by atoms with van der Waals surface area (Å²) in [7, 11) is -3.77. The van der Waals surface area contributed by atoms with Crippen LogP contribution in [0.25, 0.3) is 0 Å². The fourth-order valence-corrected chi connectivity index (χ4v) is 4.11. The molecule has 146 valence electrons. The largest absolute Gasteiger partial charge is 0.337 e. The Balaban J connectivity index is 0.00000261. The van der Waals surface area contributed by atoms with Crippen LogP contribution in [0.1, 0.15) is 28.8 Å². The van der Waals surface area contributed by atoms with Crippen molar-refractivity contribution in [2.24, 2.45) is 5.73 Å². The van der Waals surface area contributed by atoms with E-state index in [1.807, 2.05) is 19.1 Å². The number of carbonyl (C=O) groups is 1. The van der Waals surface area contributed by atoms with Gasteiger partial charge in [0.25, 0.3) is 15.9 Å². The minimum atomic E-state index is -3.77. The molecule has 0 bridgehead atoms. The average molecular weight is 410 g/mol. The molecule has 6 nitrogen and oxygen atoms in total. The van der Waals surface area contributed by atoms with Crippen LogP contribution in [0.2, 0.25) is 0 Å². The molecule has 0 radical (unpaired) electrons. The third-order valence-electron chi connectivity index (χ3n) is 4.44. The van der Waals surface area contributed by atoms with Gasteiger partial charge in [-0.1, -0.05) is 23.8 Å². The number of amides is 1. The summed E-state index contributed by atoms with van der Waals surface area (Å²) < 4.78 is 27.8. The van der Waals surface area contributed by atoms with Crippen LogP contribution in [0.4, 0.5) is 5.69 Å². The van der Waals surface area contributed by atoms with Crippen LogP contribution in [0.3, 0.4) is 0 Å². The minimum Gasteiger partial charge on any atom is -0.337 e. The number of nitrogens with one attached hydrogen (secondary N) is 1. The van der Waals surface area contributed by atoms with Crippen LogP contribution in [-0.2, 0) is 10.0 Å². The molecule has 1 amide bonds. The molecular weight excluding hydrogens is 386 g/mol. The number of benzene rings is 2. The molecule has 1 fully saturated rings. The Hall–Kier alpha value is -2.09. The Labute approximate surface area is 166 Å². The molecule has 3 N–H and O–H groups in total. The van der Waals surface area contributed by atoms with E-state index in [0.717, 1.165) is 18.4 Å². The smallest absolute Gasteiger partial charge is 0.261 e. The molecular formula is C19H24ClN3O3S. The molecule has 3 rings (SSSR count). The van der Waals surface area contributed by atoms with Crippen molar-refractivity contribution < 1.29 is 13.2 Å². The first-order chi connectivity index (χ1) is 12.3. The number of aryl methyl sites for hydroxylation is 1. The lowest BCUT2D eigenvalue weighted by Gasteiger charge is -2.30. The Kier molecular flexibility index (Phi) is 6.86. The van der Waals surface area contributed by atoms with E-state index >= 15 is 0 Å². The standard InChI is InChI=1S/C19H23N3O3S.ClH/c1-14-7-9-17(10-8-14)21-26(24,25)18-6-2-4-15(12-18)19(23)22-11-3-5-16(20)13-22;/h2,4,6-10,12,16,21H,3,5,11,13,20H2,1H3;1H.